The summed E-state index contributed by atoms with van der Waals surface area (Å²) < 4.78 is 42.5. The zero-order chi connectivity index (χ0) is 18.9. The molecule has 0 aliphatic carbocycles. The summed E-state index contributed by atoms with van der Waals surface area (Å²) in [6, 6.07) is 6.61. The molecular weight excluding hydrogens is 367 g/mol. The van der Waals surface area contributed by atoms with Crippen LogP contribution in [0.1, 0.15) is 23.2 Å². The topological polar surface area (TPSA) is 62.3 Å². The Balaban J connectivity index is 1.64. The number of rotatable bonds is 4. The molecule has 0 radical (unpaired) electrons. The van der Waals surface area contributed by atoms with E-state index in [1.165, 1.54) is 17.0 Å². The van der Waals surface area contributed by atoms with Crippen molar-refractivity contribution in [2.24, 2.45) is 5.92 Å². The van der Waals surface area contributed by atoms with Crippen LogP contribution in [0.3, 0.4) is 0 Å². The highest BCUT2D eigenvalue weighted by Crippen LogP contribution is 2.30. The Morgan fingerprint density at radius 3 is 2.81 bits per heavy atom. The Bertz CT molecular complexity index is 835. The zero-order valence-corrected chi connectivity index (χ0v) is 14.7. The van der Waals surface area contributed by atoms with Crippen LogP contribution >= 0.6 is 11.5 Å². The van der Waals surface area contributed by atoms with Crippen LogP contribution < -0.4 is 5.32 Å². The van der Waals surface area contributed by atoms with Crippen LogP contribution in [0.15, 0.2) is 30.3 Å². The standard InChI is InChI=1S/C17H16F3N3O2S/c1-10-5-14(26-22-10)21-16(25)12-7-15(24)23(9-12)8-11-3-2-4-13(6-11)17(18,19)20/h2-6,12H,7-9H2,1H3,(H,21,25)/t12-/m1/s1. The summed E-state index contributed by atoms with van der Waals surface area (Å²) in [5, 5.41) is 3.34. The molecule has 5 nitrogen and oxygen atoms in total. The summed E-state index contributed by atoms with van der Waals surface area (Å²) in [6.45, 7) is 2.03. The van der Waals surface area contributed by atoms with E-state index in [0.717, 1.165) is 29.4 Å². The number of anilines is 1. The first kappa shape index (κ1) is 18.4. The lowest BCUT2D eigenvalue weighted by Gasteiger charge is -2.17. The van der Waals surface area contributed by atoms with E-state index in [1.807, 2.05) is 6.92 Å². The number of benzene rings is 1. The summed E-state index contributed by atoms with van der Waals surface area (Å²) in [5.74, 6) is -1.06. The molecule has 0 unspecified atom stereocenters. The smallest absolute Gasteiger partial charge is 0.338 e. The molecule has 1 aliphatic heterocycles. The molecule has 9 heteroatoms. The number of carbonyl (C=O) groups is 2. The monoisotopic (exact) mass is 383 g/mol. The van der Waals surface area contributed by atoms with Gasteiger partial charge in [-0.2, -0.15) is 17.5 Å². The molecule has 2 aromatic rings. The van der Waals surface area contributed by atoms with Crippen LogP contribution in [-0.2, 0) is 22.3 Å². The number of nitrogens with one attached hydrogen (secondary N) is 1. The first-order chi connectivity index (χ1) is 12.2. The second-order valence-corrected chi connectivity index (χ2v) is 7.00. The molecule has 0 spiro atoms. The Kier molecular flexibility index (Phi) is 4.99. The number of amides is 2. The zero-order valence-electron chi connectivity index (χ0n) is 13.8. The van der Waals surface area contributed by atoms with Gasteiger partial charge >= 0.3 is 6.18 Å². The van der Waals surface area contributed by atoms with Gasteiger partial charge in [-0.1, -0.05) is 12.1 Å². The van der Waals surface area contributed by atoms with Crippen molar-refractivity contribution in [1.29, 1.82) is 0 Å². The Morgan fingerprint density at radius 2 is 2.15 bits per heavy atom. The van der Waals surface area contributed by atoms with Crippen molar-refractivity contribution >= 4 is 28.3 Å². The van der Waals surface area contributed by atoms with Crippen LogP contribution in [0.5, 0.6) is 0 Å². The number of halogens is 3. The fourth-order valence-corrected chi connectivity index (χ4v) is 3.48. The number of hydrogen-bond donors (Lipinski definition) is 1. The lowest BCUT2D eigenvalue weighted by atomic mass is 10.1. The molecule has 138 valence electrons. The van der Waals surface area contributed by atoms with Gasteiger partial charge in [0.05, 0.1) is 17.2 Å². The van der Waals surface area contributed by atoms with Gasteiger partial charge in [-0.05, 0) is 42.2 Å². The number of hydrogen-bond acceptors (Lipinski definition) is 4. The number of nitrogens with zero attached hydrogens (tertiary/aromatic N) is 2. The third-order valence-corrected chi connectivity index (χ3v) is 4.88. The molecule has 1 aliphatic rings. The van der Waals surface area contributed by atoms with Crippen molar-refractivity contribution in [3.63, 3.8) is 0 Å². The Hall–Kier alpha value is -2.42. The molecule has 1 saturated heterocycles. The molecule has 1 atom stereocenters. The Morgan fingerprint density at radius 1 is 1.38 bits per heavy atom. The number of carbonyl (C=O) groups excluding carboxylic acids is 2. The highest BCUT2D eigenvalue weighted by atomic mass is 32.1. The van der Waals surface area contributed by atoms with E-state index in [0.29, 0.717) is 10.6 Å². The highest BCUT2D eigenvalue weighted by molar-refractivity contribution is 7.10. The molecule has 3 rings (SSSR count). The van der Waals surface area contributed by atoms with Crippen molar-refractivity contribution in [3.8, 4) is 0 Å². The molecule has 1 N–H and O–H groups in total. The molecule has 1 aromatic heterocycles. The summed E-state index contributed by atoms with van der Waals surface area (Å²) in [7, 11) is 0. The summed E-state index contributed by atoms with van der Waals surface area (Å²) >= 11 is 1.16. The maximum Gasteiger partial charge on any atom is 0.416 e. The lowest BCUT2D eigenvalue weighted by molar-refractivity contribution is -0.137. The van der Waals surface area contributed by atoms with Crippen LogP contribution in [0.25, 0.3) is 0 Å². The third-order valence-electron chi connectivity index (χ3n) is 4.09. The predicted octanol–water partition coefficient (Wildman–Crippen LogP) is 3.46. The number of aromatic nitrogens is 1. The first-order valence-corrected chi connectivity index (χ1v) is 8.68. The van der Waals surface area contributed by atoms with Gasteiger partial charge < -0.3 is 10.2 Å². The van der Waals surface area contributed by atoms with Gasteiger partial charge in [0.25, 0.3) is 0 Å². The van der Waals surface area contributed by atoms with Crippen molar-refractivity contribution in [2.45, 2.75) is 26.1 Å². The fraction of sp³-hybridized carbons (Fsp3) is 0.353. The molecule has 0 saturated carbocycles. The van der Waals surface area contributed by atoms with Crippen LogP contribution in [-0.4, -0.2) is 27.6 Å². The molecular formula is C17H16F3N3O2S. The second-order valence-electron chi connectivity index (χ2n) is 6.20. The van der Waals surface area contributed by atoms with E-state index in [2.05, 4.69) is 9.69 Å². The molecule has 2 heterocycles. The maximum absolute atomic E-state index is 12.8. The van der Waals surface area contributed by atoms with Crippen LogP contribution in [0, 0.1) is 12.8 Å². The van der Waals surface area contributed by atoms with Gasteiger partial charge in [0, 0.05) is 19.5 Å². The van der Waals surface area contributed by atoms with Gasteiger partial charge in [-0.3, -0.25) is 9.59 Å². The lowest BCUT2D eigenvalue weighted by Crippen LogP contribution is -2.28. The maximum atomic E-state index is 12.8. The van der Waals surface area contributed by atoms with Crippen molar-refractivity contribution in [2.75, 3.05) is 11.9 Å². The normalized spacial score (nSPS) is 17.6. The van der Waals surface area contributed by atoms with Crippen molar-refractivity contribution < 1.29 is 22.8 Å². The fourth-order valence-electron chi connectivity index (χ4n) is 2.81. The predicted molar refractivity (Wildman–Crippen MR) is 90.4 cm³/mol. The van der Waals surface area contributed by atoms with Gasteiger partial charge in [-0.15, -0.1) is 0 Å². The minimum absolute atomic E-state index is 0.0442. The average molecular weight is 383 g/mol. The largest absolute Gasteiger partial charge is 0.416 e. The van der Waals surface area contributed by atoms with Gasteiger partial charge in [0.15, 0.2) is 0 Å². The highest BCUT2D eigenvalue weighted by Gasteiger charge is 2.35. The SMILES string of the molecule is Cc1cc(NC(=O)[C@@H]2CC(=O)N(Cc3cccc(C(F)(F)F)c3)C2)sn1. The first-order valence-electron chi connectivity index (χ1n) is 7.90. The summed E-state index contributed by atoms with van der Waals surface area (Å²) in [5.41, 5.74) is 0.419. The minimum Gasteiger partial charge on any atom is -0.338 e. The number of likely N-dealkylation sites (tertiary alicyclic amines) is 1. The van der Waals surface area contributed by atoms with Crippen LogP contribution in [0.2, 0.25) is 0 Å². The van der Waals surface area contributed by atoms with E-state index in [1.54, 1.807) is 6.07 Å². The molecule has 1 aromatic carbocycles. The third kappa shape index (κ3) is 4.21. The molecule has 2 amide bonds. The van der Waals surface area contributed by atoms with Gasteiger partial charge in [-0.25, -0.2) is 0 Å². The van der Waals surface area contributed by atoms with E-state index in [4.69, 9.17) is 0 Å². The Labute approximate surface area is 152 Å². The second kappa shape index (κ2) is 7.06. The van der Waals surface area contributed by atoms with E-state index >= 15 is 0 Å². The van der Waals surface area contributed by atoms with E-state index < -0.39 is 17.7 Å². The van der Waals surface area contributed by atoms with Crippen molar-refractivity contribution in [3.05, 3.63) is 47.2 Å². The quantitative estimate of drug-likeness (QED) is 0.880. The minimum atomic E-state index is -4.43. The number of alkyl halides is 3. The van der Waals surface area contributed by atoms with E-state index in [9.17, 15) is 22.8 Å². The van der Waals surface area contributed by atoms with Gasteiger partial charge in [0.1, 0.15) is 5.00 Å². The van der Waals surface area contributed by atoms with Gasteiger partial charge in [0.2, 0.25) is 11.8 Å². The summed E-state index contributed by atoms with van der Waals surface area (Å²) in [6.07, 6.45) is -4.39. The molecule has 26 heavy (non-hydrogen) atoms. The molecule has 0 bridgehead atoms. The number of aryl methyl sites for hydroxylation is 1. The average Bonchev–Trinajstić information content (AvgIpc) is 3.13. The van der Waals surface area contributed by atoms with Crippen molar-refractivity contribution in [1.82, 2.24) is 9.27 Å². The van der Waals surface area contributed by atoms with Crippen LogP contribution in [0.4, 0.5) is 18.2 Å². The molecule has 1 fully saturated rings. The summed E-state index contributed by atoms with van der Waals surface area (Å²) in [4.78, 5) is 25.9. The van der Waals surface area contributed by atoms with E-state index in [-0.39, 0.29) is 31.3 Å².